The molecule has 1 atom stereocenters. The number of hydrogen-bond acceptors (Lipinski definition) is 1. The zero-order chi connectivity index (χ0) is 11.9. The van der Waals surface area contributed by atoms with E-state index in [0.717, 1.165) is 18.4 Å². The molecule has 1 nitrogen and oxygen atoms in total. The molecule has 1 heteroatoms. The summed E-state index contributed by atoms with van der Waals surface area (Å²) in [5.74, 6) is 1.72. The fourth-order valence-corrected chi connectivity index (χ4v) is 1.51. The first kappa shape index (κ1) is 15.0. The quantitative estimate of drug-likeness (QED) is 0.628. The predicted molar refractivity (Wildman–Crippen MR) is 70.2 cm³/mol. The van der Waals surface area contributed by atoms with Crippen LogP contribution in [-0.2, 0) is 0 Å². The van der Waals surface area contributed by atoms with Crippen molar-refractivity contribution in [1.29, 1.82) is 0 Å². The molecule has 0 radical (unpaired) electrons. The third-order valence-corrected chi connectivity index (χ3v) is 3.06. The maximum absolute atomic E-state index is 3.53. The predicted octanol–water partition coefficient (Wildman–Crippen LogP) is 4.08. The Balaban J connectivity index is 3.26. The van der Waals surface area contributed by atoms with Gasteiger partial charge in [0.05, 0.1) is 0 Å². The van der Waals surface area contributed by atoms with Gasteiger partial charge in [0.25, 0.3) is 0 Å². The highest BCUT2D eigenvalue weighted by atomic mass is 14.9. The summed E-state index contributed by atoms with van der Waals surface area (Å²) in [4.78, 5) is 0. The lowest BCUT2D eigenvalue weighted by Gasteiger charge is -2.19. The van der Waals surface area contributed by atoms with Gasteiger partial charge in [-0.3, -0.25) is 0 Å². The number of rotatable bonds is 7. The third kappa shape index (κ3) is 10.2. The van der Waals surface area contributed by atoms with Gasteiger partial charge >= 0.3 is 0 Å². The van der Waals surface area contributed by atoms with Gasteiger partial charge in [-0.15, -0.1) is 0 Å². The summed E-state index contributed by atoms with van der Waals surface area (Å²) in [6, 6.07) is 0. The Morgan fingerprint density at radius 1 is 1.00 bits per heavy atom. The van der Waals surface area contributed by atoms with Crippen LogP contribution in [0.15, 0.2) is 0 Å². The van der Waals surface area contributed by atoms with E-state index >= 15 is 0 Å². The van der Waals surface area contributed by atoms with Crippen molar-refractivity contribution in [2.24, 2.45) is 17.3 Å². The summed E-state index contributed by atoms with van der Waals surface area (Å²) >= 11 is 0. The Bertz CT molecular complexity index is 144. The molecule has 0 aromatic heterocycles. The van der Waals surface area contributed by atoms with Crippen molar-refractivity contribution in [2.45, 2.75) is 60.8 Å². The molecule has 0 bridgehead atoms. The Hall–Kier alpha value is -0.0400. The minimum Gasteiger partial charge on any atom is -0.316 e. The maximum atomic E-state index is 3.53. The molecule has 0 saturated heterocycles. The number of unbranched alkanes of at least 4 members (excludes halogenated alkanes) is 1. The van der Waals surface area contributed by atoms with E-state index in [-0.39, 0.29) is 0 Å². The molecule has 0 fully saturated rings. The monoisotopic (exact) mass is 213 g/mol. The first-order chi connectivity index (χ1) is 6.83. The number of nitrogens with one attached hydrogen (secondary N) is 1. The topological polar surface area (TPSA) is 12.0 Å². The van der Waals surface area contributed by atoms with Gasteiger partial charge in [0.2, 0.25) is 0 Å². The molecule has 92 valence electrons. The van der Waals surface area contributed by atoms with E-state index in [1.54, 1.807) is 0 Å². The molecular formula is C14H31N. The Morgan fingerprint density at radius 2 is 1.60 bits per heavy atom. The zero-order valence-electron chi connectivity index (χ0n) is 11.7. The Kier molecular flexibility index (Phi) is 7.25. The van der Waals surface area contributed by atoms with Gasteiger partial charge in [-0.2, -0.15) is 0 Å². The zero-order valence-corrected chi connectivity index (χ0v) is 11.7. The molecule has 0 spiro atoms. The average Bonchev–Trinajstić information content (AvgIpc) is 2.08. The molecule has 0 aliphatic carbocycles. The van der Waals surface area contributed by atoms with Gasteiger partial charge in [0.15, 0.2) is 0 Å². The summed E-state index contributed by atoms with van der Waals surface area (Å²) in [5.41, 5.74) is 0.422. The van der Waals surface area contributed by atoms with Crippen molar-refractivity contribution in [3.63, 3.8) is 0 Å². The Labute approximate surface area is 97.0 Å². The lowest BCUT2D eigenvalue weighted by atomic mass is 9.92. The molecule has 0 aromatic carbocycles. The molecule has 0 aliphatic heterocycles. The van der Waals surface area contributed by atoms with E-state index in [4.69, 9.17) is 0 Å². The van der Waals surface area contributed by atoms with Crippen LogP contribution in [-0.4, -0.2) is 13.1 Å². The van der Waals surface area contributed by atoms with Crippen LogP contribution in [0.1, 0.15) is 60.8 Å². The summed E-state index contributed by atoms with van der Waals surface area (Å²) in [7, 11) is 0. The molecule has 15 heavy (non-hydrogen) atoms. The molecular weight excluding hydrogens is 182 g/mol. The second-order valence-electron chi connectivity index (χ2n) is 6.45. The molecule has 1 N–H and O–H groups in total. The van der Waals surface area contributed by atoms with Crippen molar-refractivity contribution in [3.05, 3.63) is 0 Å². The van der Waals surface area contributed by atoms with Crippen LogP contribution in [0.5, 0.6) is 0 Å². The second kappa shape index (κ2) is 7.27. The van der Waals surface area contributed by atoms with Crippen molar-refractivity contribution in [1.82, 2.24) is 5.32 Å². The van der Waals surface area contributed by atoms with E-state index in [2.05, 4.69) is 46.9 Å². The van der Waals surface area contributed by atoms with Gasteiger partial charge in [-0.05, 0) is 36.8 Å². The fourth-order valence-electron chi connectivity index (χ4n) is 1.51. The minimum absolute atomic E-state index is 0.422. The van der Waals surface area contributed by atoms with Gasteiger partial charge in [-0.1, -0.05) is 54.4 Å². The SMILES string of the molecule is CC(C)[C@H](C)CCCCNCC(C)(C)C. The van der Waals surface area contributed by atoms with Gasteiger partial charge in [0, 0.05) is 0 Å². The first-order valence-electron chi connectivity index (χ1n) is 6.53. The average molecular weight is 213 g/mol. The second-order valence-corrected chi connectivity index (χ2v) is 6.45. The molecule has 0 amide bonds. The molecule has 0 aromatic rings. The van der Waals surface area contributed by atoms with E-state index < -0.39 is 0 Å². The third-order valence-electron chi connectivity index (χ3n) is 3.06. The van der Waals surface area contributed by atoms with Crippen LogP contribution >= 0.6 is 0 Å². The largest absolute Gasteiger partial charge is 0.316 e. The molecule has 0 heterocycles. The molecule has 0 unspecified atom stereocenters. The van der Waals surface area contributed by atoms with Crippen LogP contribution in [0.4, 0.5) is 0 Å². The highest BCUT2D eigenvalue weighted by molar-refractivity contribution is 4.65. The first-order valence-corrected chi connectivity index (χ1v) is 6.53. The van der Waals surface area contributed by atoms with Gasteiger partial charge < -0.3 is 5.32 Å². The van der Waals surface area contributed by atoms with E-state index in [1.165, 1.54) is 25.8 Å². The van der Waals surface area contributed by atoms with Crippen LogP contribution in [0.25, 0.3) is 0 Å². The summed E-state index contributed by atoms with van der Waals surface area (Å²) in [6.45, 7) is 16.2. The highest BCUT2D eigenvalue weighted by Gasteiger charge is 2.09. The van der Waals surface area contributed by atoms with Crippen LogP contribution in [0.2, 0.25) is 0 Å². The number of hydrogen-bond donors (Lipinski definition) is 1. The molecule has 0 rings (SSSR count). The Morgan fingerprint density at radius 3 is 2.07 bits per heavy atom. The smallest absolute Gasteiger partial charge is 0.0000126 e. The van der Waals surface area contributed by atoms with Crippen molar-refractivity contribution in [2.75, 3.05) is 13.1 Å². The maximum Gasteiger partial charge on any atom is -0.0000126 e. The normalized spacial score (nSPS) is 14.6. The standard InChI is InChI=1S/C14H31N/c1-12(2)13(3)9-7-8-10-15-11-14(4,5)6/h12-13,15H,7-11H2,1-6H3/t13-/m1/s1. The molecule has 0 saturated carbocycles. The van der Waals surface area contributed by atoms with Crippen LogP contribution < -0.4 is 5.32 Å². The lowest BCUT2D eigenvalue weighted by molar-refractivity contribution is 0.359. The van der Waals surface area contributed by atoms with Crippen molar-refractivity contribution in [3.8, 4) is 0 Å². The van der Waals surface area contributed by atoms with E-state index in [1.807, 2.05) is 0 Å². The highest BCUT2D eigenvalue weighted by Crippen LogP contribution is 2.16. The fraction of sp³-hybridized carbons (Fsp3) is 1.00. The van der Waals surface area contributed by atoms with Crippen LogP contribution in [0.3, 0.4) is 0 Å². The minimum atomic E-state index is 0.422. The summed E-state index contributed by atoms with van der Waals surface area (Å²) < 4.78 is 0. The molecule has 0 aliphatic rings. The van der Waals surface area contributed by atoms with Crippen molar-refractivity contribution < 1.29 is 0 Å². The van der Waals surface area contributed by atoms with Gasteiger partial charge in [-0.25, -0.2) is 0 Å². The summed E-state index contributed by atoms with van der Waals surface area (Å²) in [6.07, 6.45) is 4.08. The van der Waals surface area contributed by atoms with Crippen molar-refractivity contribution >= 4 is 0 Å². The lowest BCUT2D eigenvalue weighted by Crippen LogP contribution is -2.27. The van der Waals surface area contributed by atoms with Crippen LogP contribution in [0, 0.1) is 17.3 Å². The van der Waals surface area contributed by atoms with E-state index in [0.29, 0.717) is 5.41 Å². The van der Waals surface area contributed by atoms with Gasteiger partial charge in [0.1, 0.15) is 0 Å². The summed E-state index contributed by atoms with van der Waals surface area (Å²) in [5, 5.41) is 3.53. The van der Waals surface area contributed by atoms with E-state index in [9.17, 15) is 0 Å².